The third-order valence-corrected chi connectivity index (χ3v) is 2.19. The van der Waals surface area contributed by atoms with Crippen LogP contribution in [-0.2, 0) is 4.74 Å². The van der Waals surface area contributed by atoms with Crippen molar-refractivity contribution >= 4 is 11.5 Å². The van der Waals surface area contributed by atoms with Gasteiger partial charge in [-0.15, -0.1) is 0 Å². The Morgan fingerprint density at radius 2 is 2.20 bits per heavy atom. The minimum atomic E-state index is -0.438. The maximum Gasteiger partial charge on any atom is 0.358 e. The van der Waals surface area contributed by atoms with E-state index in [0.717, 1.165) is 11.4 Å². The lowest BCUT2D eigenvalue weighted by atomic mass is 10.3. The molecule has 5 nitrogen and oxygen atoms in total. The van der Waals surface area contributed by atoms with Crippen molar-refractivity contribution in [1.82, 2.24) is 14.4 Å². The van der Waals surface area contributed by atoms with Crippen LogP contribution >= 0.6 is 0 Å². The molecule has 2 aromatic rings. The van der Waals surface area contributed by atoms with Gasteiger partial charge in [-0.3, -0.25) is 0 Å². The van der Waals surface area contributed by atoms with E-state index in [2.05, 4.69) is 14.7 Å². The number of carbonyl (C=O) groups is 1. The molecule has 0 atom stereocenters. The molecule has 0 saturated carbocycles. The lowest BCUT2D eigenvalue weighted by Crippen LogP contribution is -2.08. The molecule has 0 saturated heterocycles. The minimum absolute atomic E-state index is 0.313. The second-order valence-corrected chi connectivity index (χ2v) is 3.31. The van der Waals surface area contributed by atoms with E-state index in [1.54, 1.807) is 10.7 Å². The van der Waals surface area contributed by atoms with Gasteiger partial charge in [0.1, 0.15) is 5.52 Å². The fraction of sp³-hybridized carbons (Fsp3) is 0.300. The fourth-order valence-electron chi connectivity index (χ4n) is 1.54. The first-order valence-electron chi connectivity index (χ1n) is 4.52. The van der Waals surface area contributed by atoms with E-state index in [4.69, 9.17) is 0 Å². The first-order valence-corrected chi connectivity index (χ1v) is 4.52. The number of imidazole rings is 1. The molecule has 0 aliphatic heterocycles. The van der Waals surface area contributed by atoms with Crippen LogP contribution < -0.4 is 0 Å². The summed E-state index contributed by atoms with van der Waals surface area (Å²) in [5.41, 5.74) is 2.53. The first kappa shape index (κ1) is 9.64. The first-order chi connectivity index (χ1) is 7.13. The zero-order valence-corrected chi connectivity index (χ0v) is 8.81. The van der Waals surface area contributed by atoms with Crippen LogP contribution in [0, 0.1) is 13.8 Å². The number of aryl methyl sites for hydroxylation is 2. The predicted molar refractivity (Wildman–Crippen MR) is 53.8 cm³/mol. The van der Waals surface area contributed by atoms with Crippen molar-refractivity contribution in [1.29, 1.82) is 0 Å². The molecule has 0 radical (unpaired) electrons. The maximum atomic E-state index is 11.5. The highest BCUT2D eigenvalue weighted by Crippen LogP contribution is 2.14. The van der Waals surface area contributed by atoms with Crippen LogP contribution in [0.25, 0.3) is 5.52 Å². The molecule has 15 heavy (non-hydrogen) atoms. The topological polar surface area (TPSA) is 56.5 Å². The van der Waals surface area contributed by atoms with Gasteiger partial charge in [0.25, 0.3) is 0 Å². The van der Waals surface area contributed by atoms with Crippen LogP contribution in [0.15, 0.2) is 12.5 Å². The molecule has 0 bridgehead atoms. The Hall–Kier alpha value is -1.91. The van der Waals surface area contributed by atoms with Crippen molar-refractivity contribution in [2.75, 3.05) is 7.11 Å². The van der Waals surface area contributed by atoms with Crippen LogP contribution in [-0.4, -0.2) is 27.4 Å². The molecule has 5 heteroatoms. The van der Waals surface area contributed by atoms with Gasteiger partial charge in [0.15, 0.2) is 5.69 Å². The quantitative estimate of drug-likeness (QED) is 0.655. The van der Waals surface area contributed by atoms with Crippen LogP contribution in [0.5, 0.6) is 0 Å². The summed E-state index contributed by atoms with van der Waals surface area (Å²) in [6, 6.07) is 0. The molecule has 2 heterocycles. The number of carbonyl (C=O) groups excluding carboxylic acids is 1. The largest absolute Gasteiger partial charge is 0.464 e. The highest BCUT2D eigenvalue weighted by Gasteiger charge is 2.16. The van der Waals surface area contributed by atoms with Gasteiger partial charge in [-0.2, -0.15) is 0 Å². The highest BCUT2D eigenvalue weighted by molar-refractivity contribution is 5.95. The number of rotatable bonds is 1. The number of hydrogen-bond donors (Lipinski definition) is 0. The minimum Gasteiger partial charge on any atom is -0.464 e. The Morgan fingerprint density at radius 1 is 1.47 bits per heavy atom. The molecule has 0 spiro atoms. The highest BCUT2D eigenvalue weighted by atomic mass is 16.5. The summed E-state index contributed by atoms with van der Waals surface area (Å²) in [7, 11) is 1.34. The van der Waals surface area contributed by atoms with E-state index in [-0.39, 0.29) is 0 Å². The van der Waals surface area contributed by atoms with Crippen molar-refractivity contribution in [3.63, 3.8) is 0 Å². The second-order valence-electron chi connectivity index (χ2n) is 3.31. The summed E-state index contributed by atoms with van der Waals surface area (Å²) >= 11 is 0. The van der Waals surface area contributed by atoms with Gasteiger partial charge in [0.2, 0.25) is 0 Å². The maximum absolute atomic E-state index is 11.5. The fourth-order valence-corrected chi connectivity index (χ4v) is 1.54. The molecule has 0 aromatic carbocycles. The zero-order chi connectivity index (χ0) is 11.0. The van der Waals surface area contributed by atoms with E-state index in [0.29, 0.717) is 11.2 Å². The van der Waals surface area contributed by atoms with Crippen molar-refractivity contribution < 1.29 is 9.53 Å². The summed E-state index contributed by atoms with van der Waals surface area (Å²) in [6.07, 6.45) is 3.48. The van der Waals surface area contributed by atoms with Gasteiger partial charge >= 0.3 is 5.97 Å². The number of nitrogens with zero attached hydrogens (tertiary/aromatic N) is 3. The normalized spacial score (nSPS) is 10.6. The average molecular weight is 205 g/mol. The molecular weight excluding hydrogens is 194 g/mol. The van der Waals surface area contributed by atoms with Crippen LogP contribution in [0.1, 0.15) is 21.9 Å². The Balaban J connectivity index is 2.80. The van der Waals surface area contributed by atoms with E-state index in [1.807, 2.05) is 20.0 Å². The van der Waals surface area contributed by atoms with Gasteiger partial charge in [0.05, 0.1) is 24.8 Å². The van der Waals surface area contributed by atoms with Crippen LogP contribution in [0.2, 0.25) is 0 Å². The van der Waals surface area contributed by atoms with Crippen molar-refractivity contribution in [2.24, 2.45) is 0 Å². The predicted octanol–water partition coefficient (Wildman–Crippen LogP) is 1.13. The third kappa shape index (κ3) is 1.45. The number of fused-ring (bicyclic) bond motifs is 1. The molecule has 0 amide bonds. The lowest BCUT2D eigenvalue weighted by molar-refractivity contribution is 0.0595. The second kappa shape index (κ2) is 3.34. The van der Waals surface area contributed by atoms with Gasteiger partial charge in [-0.05, 0) is 13.8 Å². The molecule has 2 rings (SSSR count). The van der Waals surface area contributed by atoms with E-state index < -0.39 is 5.97 Å². The summed E-state index contributed by atoms with van der Waals surface area (Å²) in [4.78, 5) is 19.8. The number of methoxy groups -OCH3 is 1. The third-order valence-electron chi connectivity index (χ3n) is 2.19. The van der Waals surface area contributed by atoms with Gasteiger partial charge in [-0.25, -0.2) is 14.8 Å². The summed E-state index contributed by atoms with van der Waals surface area (Å²) in [6.45, 7) is 3.65. The van der Waals surface area contributed by atoms with Crippen LogP contribution in [0.3, 0.4) is 0 Å². The van der Waals surface area contributed by atoms with Gasteiger partial charge < -0.3 is 9.14 Å². The molecule has 2 aromatic heterocycles. The van der Waals surface area contributed by atoms with Crippen molar-refractivity contribution in [2.45, 2.75) is 13.8 Å². The van der Waals surface area contributed by atoms with Crippen LogP contribution in [0.4, 0.5) is 0 Å². The van der Waals surface area contributed by atoms with Gasteiger partial charge in [-0.1, -0.05) is 0 Å². The molecule has 0 aliphatic rings. The monoisotopic (exact) mass is 205 g/mol. The number of hydrogen-bond acceptors (Lipinski definition) is 4. The molecule has 0 fully saturated rings. The Kier molecular flexibility index (Phi) is 2.15. The number of aromatic nitrogens is 3. The number of esters is 1. The molecular formula is C10H11N3O2. The van der Waals surface area contributed by atoms with Crippen molar-refractivity contribution in [3.8, 4) is 0 Å². The zero-order valence-electron chi connectivity index (χ0n) is 8.81. The smallest absolute Gasteiger partial charge is 0.358 e. The lowest BCUT2D eigenvalue weighted by Gasteiger charge is -2.03. The molecule has 0 unspecified atom stereocenters. The number of ether oxygens (including phenoxy) is 1. The SMILES string of the molecule is COC(=O)c1nc(C)cn2cnc(C)c12. The molecule has 0 aliphatic carbocycles. The summed E-state index contributed by atoms with van der Waals surface area (Å²) in [5, 5.41) is 0. The van der Waals surface area contributed by atoms with Gasteiger partial charge in [0, 0.05) is 6.20 Å². The Morgan fingerprint density at radius 3 is 2.87 bits per heavy atom. The Bertz CT molecular complexity index is 531. The van der Waals surface area contributed by atoms with E-state index in [1.165, 1.54) is 7.11 Å². The summed E-state index contributed by atoms with van der Waals surface area (Å²) in [5.74, 6) is -0.438. The molecule has 78 valence electrons. The standard InChI is InChI=1S/C10H11N3O2/c1-6-4-13-5-11-7(2)9(13)8(12-6)10(14)15-3/h4-5H,1-3H3. The van der Waals surface area contributed by atoms with Crippen molar-refractivity contribution in [3.05, 3.63) is 29.6 Å². The van der Waals surface area contributed by atoms with E-state index >= 15 is 0 Å². The summed E-state index contributed by atoms with van der Waals surface area (Å²) < 4.78 is 6.46. The average Bonchev–Trinajstić information content (AvgIpc) is 2.58. The molecule has 0 N–H and O–H groups in total. The van der Waals surface area contributed by atoms with E-state index in [9.17, 15) is 4.79 Å². The Labute approximate surface area is 86.7 Å².